The van der Waals surface area contributed by atoms with Gasteiger partial charge >= 0.3 is 5.97 Å². The predicted molar refractivity (Wildman–Crippen MR) is 104 cm³/mol. The lowest BCUT2D eigenvalue weighted by atomic mass is 10.2. The van der Waals surface area contributed by atoms with Gasteiger partial charge in [-0.3, -0.25) is 4.79 Å². The van der Waals surface area contributed by atoms with E-state index in [2.05, 4.69) is 5.32 Å². The van der Waals surface area contributed by atoms with Crippen molar-refractivity contribution >= 4 is 35.2 Å². The van der Waals surface area contributed by atoms with Crippen molar-refractivity contribution < 1.29 is 28.5 Å². The van der Waals surface area contributed by atoms with Crippen molar-refractivity contribution in [2.75, 3.05) is 19.2 Å². The average Bonchev–Trinajstić information content (AvgIpc) is 3.16. The second-order valence-electron chi connectivity index (χ2n) is 5.87. The van der Waals surface area contributed by atoms with Gasteiger partial charge in [-0.15, -0.1) is 0 Å². The van der Waals surface area contributed by atoms with Gasteiger partial charge in [0.1, 0.15) is 5.75 Å². The van der Waals surface area contributed by atoms with Crippen molar-refractivity contribution in [3.63, 3.8) is 0 Å². The molecule has 0 aliphatic carbocycles. The number of fused-ring (bicyclic) bond motifs is 1. The molecule has 0 unspecified atom stereocenters. The number of hydrogen-bond donors (Lipinski definition) is 1. The molecule has 0 radical (unpaired) electrons. The van der Waals surface area contributed by atoms with Gasteiger partial charge in [0.15, 0.2) is 17.6 Å². The molecule has 8 heteroatoms. The lowest BCUT2D eigenvalue weighted by molar-refractivity contribution is -0.148. The van der Waals surface area contributed by atoms with E-state index in [9.17, 15) is 9.59 Å². The highest BCUT2D eigenvalue weighted by Crippen LogP contribution is 2.40. The molecule has 1 amide bonds. The number of benzene rings is 2. The van der Waals surface area contributed by atoms with E-state index in [4.69, 9.17) is 30.5 Å². The van der Waals surface area contributed by atoms with E-state index >= 15 is 0 Å². The predicted octanol–water partition coefficient (Wildman–Crippen LogP) is 3.66. The largest absolute Gasteiger partial charge is 0.497 e. The molecule has 0 saturated heterocycles. The van der Waals surface area contributed by atoms with E-state index in [1.54, 1.807) is 43.5 Å². The summed E-state index contributed by atoms with van der Waals surface area (Å²) in [6.45, 7) is 1.59. The molecule has 1 N–H and O–H groups in total. The second-order valence-corrected chi connectivity index (χ2v) is 6.27. The molecule has 0 fully saturated rings. The molecule has 7 nitrogen and oxygen atoms in total. The minimum atomic E-state index is -0.973. The number of anilines is 1. The Bertz CT molecular complexity index is 910. The molecular formula is C20H18ClNO6. The Morgan fingerprint density at radius 1 is 1.21 bits per heavy atom. The molecule has 0 bridgehead atoms. The number of rotatable bonds is 6. The molecule has 146 valence electrons. The van der Waals surface area contributed by atoms with Gasteiger partial charge in [-0.1, -0.05) is 11.6 Å². The lowest BCUT2D eigenvalue weighted by Crippen LogP contribution is -2.29. The zero-order valence-corrected chi connectivity index (χ0v) is 16.0. The molecule has 3 rings (SSSR count). The molecule has 1 atom stereocenters. The fourth-order valence-electron chi connectivity index (χ4n) is 2.43. The van der Waals surface area contributed by atoms with Crippen molar-refractivity contribution in [2.45, 2.75) is 13.0 Å². The van der Waals surface area contributed by atoms with E-state index < -0.39 is 18.0 Å². The standard InChI is InChI=1S/C20H18ClNO6/c1-12(20(24)22-14-4-6-15(25-2)7-5-14)28-18(23)8-3-13-9-16(21)19-17(10-13)26-11-27-19/h3-10,12H,11H2,1-2H3,(H,22,24)/b8-3+/t12-/m1/s1. The summed E-state index contributed by atoms with van der Waals surface area (Å²) in [6.07, 6.45) is 1.76. The minimum absolute atomic E-state index is 0.102. The van der Waals surface area contributed by atoms with Crippen molar-refractivity contribution in [2.24, 2.45) is 0 Å². The topological polar surface area (TPSA) is 83.1 Å². The SMILES string of the molecule is COc1ccc(NC(=O)[C@@H](C)OC(=O)/C=C/c2cc(Cl)c3c(c2)OCO3)cc1. The van der Waals surface area contributed by atoms with Crippen molar-refractivity contribution in [3.8, 4) is 17.2 Å². The maximum absolute atomic E-state index is 12.2. The van der Waals surface area contributed by atoms with Crippen LogP contribution in [0.1, 0.15) is 12.5 Å². The summed E-state index contributed by atoms with van der Waals surface area (Å²) in [7, 11) is 1.56. The summed E-state index contributed by atoms with van der Waals surface area (Å²) in [5.41, 5.74) is 1.21. The third-order valence-corrected chi connectivity index (χ3v) is 4.16. The Morgan fingerprint density at radius 2 is 1.96 bits per heavy atom. The summed E-state index contributed by atoms with van der Waals surface area (Å²) in [5, 5.41) is 3.05. The zero-order valence-electron chi connectivity index (χ0n) is 15.2. The van der Waals surface area contributed by atoms with Crippen LogP contribution in [0.3, 0.4) is 0 Å². The molecule has 1 aliphatic heterocycles. The molecule has 1 aliphatic rings. The number of halogens is 1. The monoisotopic (exact) mass is 403 g/mol. The van der Waals surface area contributed by atoms with Gasteiger partial charge in [0.2, 0.25) is 6.79 Å². The number of methoxy groups -OCH3 is 1. The zero-order chi connectivity index (χ0) is 20.1. The third-order valence-electron chi connectivity index (χ3n) is 3.88. The van der Waals surface area contributed by atoms with E-state index in [-0.39, 0.29) is 6.79 Å². The third kappa shape index (κ3) is 4.75. The van der Waals surface area contributed by atoms with Crippen LogP contribution in [0.25, 0.3) is 6.08 Å². The molecule has 1 heterocycles. The molecule has 28 heavy (non-hydrogen) atoms. The van der Waals surface area contributed by atoms with Crippen LogP contribution < -0.4 is 19.5 Å². The van der Waals surface area contributed by atoms with Crippen LogP contribution in [0, 0.1) is 0 Å². The van der Waals surface area contributed by atoms with Gasteiger partial charge in [0.25, 0.3) is 5.91 Å². The number of esters is 1. The fraction of sp³-hybridized carbons (Fsp3) is 0.200. The lowest BCUT2D eigenvalue weighted by Gasteiger charge is -2.12. The Hall–Kier alpha value is -3.19. The first-order valence-corrected chi connectivity index (χ1v) is 8.77. The summed E-state index contributed by atoms with van der Waals surface area (Å²) in [6, 6.07) is 10.1. The van der Waals surface area contributed by atoms with E-state index in [0.29, 0.717) is 33.5 Å². The average molecular weight is 404 g/mol. The number of carbonyl (C=O) groups excluding carboxylic acids is 2. The Morgan fingerprint density at radius 3 is 2.68 bits per heavy atom. The Labute approximate surface area is 166 Å². The highest BCUT2D eigenvalue weighted by Gasteiger charge is 2.19. The van der Waals surface area contributed by atoms with Crippen molar-refractivity contribution in [1.29, 1.82) is 0 Å². The first-order valence-electron chi connectivity index (χ1n) is 8.39. The number of ether oxygens (including phenoxy) is 4. The molecule has 0 saturated carbocycles. The summed E-state index contributed by atoms with van der Waals surface area (Å²) in [4.78, 5) is 24.1. The Kier molecular flexibility index (Phi) is 6.06. The first kappa shape index (κ1) is 19.6. The molecule has 0 aromatic heterocycles. The summed E-state index contributed by atoms with van der Waals surface area (Å²) >= 11 is 6.10. The van der Waals surface area contributed by atoms with Crippen LogP contribution in [0.4, 0.5) is 5.69 Å². The molecule has 2 aromatic rings. The van der Waals surface area contributed by atoms with Gasteiger partial charge in [0.05, 0.1) is 12.1 Å². The van der Waals surface area contributed by atoms with Crippen LogP contribution in [-0.4, -0.2) is 31.9 Å². The van der Waals surface area contributed by atoms with Crippen molar-refractivity contribution in [3.05, 3.63) is 53.1 Å². The van der Waals surface area contributed by atoms with Crippen LogP contribution in [-0.2, 0) is 14.3 Å². The van der Waals surface area contributed by atoms with Gasteiger partial charge in [-0.25, -0.2) is 4.79 Å². The smallest absolute Gasteiger partial charge is 0.331 e. The van der Waals surface area contributed by atoms with Crippen LogP contribution >= 0.6 is 11.6 Å². The highest BCUT2D eigenvalue weighted by atomic mass is 35.5. The van der Waals surface area contributed by atoms with E-state index in [1.807, 2.05) is 0 Å². The number of amides is 1. The molecule has 2 aromatic carbocycles. The summed E-state index contributed by atoms with van der Waals surface area (Å²) in [5.74, 6) is 0.549. The van der Waals surface area contributed by atoms with Gasteiger partial charge < -0.3 is 24.3 Å². The van der Waals surface area contributed by atoms with Crippen molar-refractivity contribution in [1.82, 2.24) is 0 Å². The van der Waals surface area contributed by atoms with Crippen LogP contribution in [0.2, 0.25) is 5.02 Å². The number of hydrogen-bond acceptors (Lipinski definition) is 6. The van der Waals surface area contributed by atoms with Crippen LogP contribution in [0.5, 0.6) is 17.2 Å². The van der Waals surface area contributed by atoms with Gasteiger partial charge in [-0.2, -0.15) is 0 Å². The first-order chi connectivity index (χ1) is 13.5. The maximum Gasteiger partial charge on any atom is 0.331 e. The number of carbonyl (C=O) groups is 2. The van der Waals surface area contributed by atoms with E-state index in [0.717, 1.165) is 0 Å². The Balaban J connectivity index is 1.55. The quantitative estimate of drug-likeness (QED) is 0.585. The maximum atomic E-state index is 12.2. The fourth-order valence-corrected chi connectivity index (χ4v) is 2.71. The molecule has 0 spiro atoms. The summed E-state index contributed by atoms with van der Waals surface area (Å²) < 4.78 is 20.7. The normalized spacial score (nSPS) is 13.2. The highest BCUT2D eigenvalue weighted by molar-refractivity contribution is 6.32. The van der Waals surface area contributed by atoms with Gasteiger partial charge in [0, 0.05) is 11.8 Å². The van der Waals surface area contributed by atoms with E-state index in [1.165, 1.54) is 19.1 Å². The number of nitrogens with one attached hydrogen (secondary N) is 1. The van der Waals surface area contributed by atoms with Crippen LogP contribution in [0.15, 0.2) is 42.5 Å². The minimum Gasteiger partial charge on any atom is -0.497 e. The molecular weight excluding hydrogens is 386 g/mol. The van der Waals surface area contributed by atoms with Gasteiger partial charge in [-0.05, 0) is 55.0 Å². The second kappa shape index (κ2) is 8.67.